The molecule has 0 aliphatic rings. The van der Waals surface area contributed by atoms with Crippen LogP contribution < -0.4 is 22.2 Å². The third-order valence-electron chi connectivity index (χ3n) is 7.49. The van der Waals surface area contributed by atoms with Crippen LogP contribution in [0.25, 0.3) is 32.3 Å². The van der Waals surface area contributed by atoms with Crippen molar-refractivity contribution in [1.82, 2.24) is 9.13 Å². The summed E-state index contributed by atoms with van der Waals surface area (Å²) in [6, 6.07) is 6.84. The van der Waals surface area contributed by atoms with Gasteiger partial charge in [-0.2, -0.15) is 0 Å². The van der Waals surface area contributed by atoms with E-state index in [1.807, 2.05) is 0 Å². The zero-order chi connectivity index (χ0) is 25.7. The molecule has 0 spiro atoms. The van der Waals surface area contributed by atoms with Gasteiger partial charge in [-0.05, 0) is 47.9 Å². The quantitative estimate of drug-likeness (QED) is 0.210. The second-order valence-corrected chi connectivity index (χ2v) is 10.2. The van der Waals surface area contributed by atoms with Crippen molar-refractivity contribution in [3.8, 4) is 0 Å². The molecule has 0 N–H and O–H groups in total. The Hall–Kier alpha value is -3.02. The van der Waals surface area contributed by atoms with Crippen molar-refractivity contribution in [2.75, 3.05) is 0 Å². The number of unbranched alkanes of at least 4 members (excludes halogenated alkanes) is 10. The van der Waals surface area contributed by atoms with E-state index in [9.17, 15) is 19.2 Å². The minimum Gasteiger partial charge on any atom is -0.274 e. The van der Waals surface area contributed by atoms with Gasteiger partial charge in [-0.1, -0.05) is 78.1 Å². The second kappa shape index (κ2) is 11.8. The molecular weight excluding hydrogens is 452 g/mol. The number of aromatic nitrogens is 2. The van der Waals surface area contributed by atoms with Crippen molar-refractivity contribution in [2.24, 2.45) is 0 Å². The molecular formula is C30H38N2O4. The van der Waals surface area contributed by atoms with Crippen molar-refractivity contribution in [1.29, 1.82) is 0 Å². The maximum Gasteiger partial charge on any atom is 0.261 e. The zero-order valence-corrected chi connectivity index (χ0v) is 21.7. The molecule has 6 heteroatoms. The summed E-state index contributed by atoms with van der Waals surface area (Å²) in [5.74, 6) is 0. The summed E-state index contributed by atoms with van der Waals surface area (Å²) >= 11 is 0. The Labute approximate surface area is 211 Å². The molecule has 0 unspecified atom stereocenters. The van der Waals surface area contributed by atoms with Crippen molar-refractivity contribution >= 4 is 32.3 Å². The Morgan fingerprint density at radius 1 is 0.444 bits per heavy atom. The van der Waals surface area contributed by atoms with Crippen LogP contribution in [0.1, 0.15) is 90.9 Å². The highest BCUT2D eigenvalue weighted by Gasteiger charge is 2.17. The fourth-order valence-corrected chi connectivity index (χ4v) is 5.33. The molecule has 0 fully saturated rings. The van der Waals surface area contributed by atoms with E-state index in [4.69, 9.17) is 0 Å². The molecule has 4 aromatic rings. The first-order valence-electron chi connectivity index (χ1n) is 13.8. The minimum atomic E-state index is -0.266. The molecule has 6 nitrogen and oxygen atoms in total. The van der Waals surface area contributed by atoms with Gasteiger partial charge in [-0.25, -0.2) is 0 Å². The third kappa shape index (κ3) is 5.23. The third-order valence-corrected chi connectivity index (χ3v) is 7.49. The molecule has 0 radical (unpaired) electrons. The summed E-state index contributed by atoms with van der Waals surface area (Å²) in [5.41, 5.74) is -1.06. The fraction of sp³-hybridized carbons (Fsp3) is 0.533. The number of nitrogens with zero attached hydrogens (tertiary/aromatic N) is 2. The number of benzene rings is 2. The maximum absolute atomic E-state index is 13.0. The van der Waals surface area contributed by atoms with Gasteiger partial charge in [-0.3, -0.25) is 28.3 Å². The van der Waals surface area contributed by atoms with E-state index in [1.54, 1.807) is 24.3 Å². The van der Waals surface area contributed by atoms with Crippen LogP contribution in [0, 0.1) is 0 Å². The molecule has 0 aliphatic heterocycles. The van der Waals surface area contributed by atoms with Crippen molar-refractivity contribution < 1.29 is 0 Å². The second-order valence-electron chi connectivity index (χ2n) is 10.2. The molecule has 2 aromatic heterocycles. The summed E-state index contributed by atoms with van der Waals surface area (Å²) in [7, 11) is 0. The number of hydrogen-bond acceptors (Lipinski definition) is 4. The highest BCUT2D eigenvalue weighted by atomic mass is 16.2. The molecule has 0 saturated carbocycles. The first-order chi connectivity index (χ1) is 17.5. The monoisotopic (exact) mass is 490 g/mol. The Bertz CT molecular complexity index is 1340. The molecule has 2 heterocycles. The van der Waals surface area contributed by atoms with Crippen LogP contribution in [-0.2, 0) is 13.1 Å². The van der Waals surface area contributed by atoms with Crippen LogP contribution in [0.5, 0.6) is 0 Å². The van der Waals surface area contributed by atoms with E-state index in [1.165, 1.54) is 47.7 Å². The maximum atomic E-state index is 13.0. The largest absolute Gasteiger partial charge is 0.274 e. The van der Waals surface area contributed by atoms with Crippen LogP contribution in [0.4, 0.5) is 0 Å². The average Bonchev–Trinajstić information content (AvgIpc) is 3.24. The molecule has 0 aliphatic carbocycles. The lowest BCUT2D eigenvalue weighted by Gasteiger charge is -2.01. The van der Waals surface area contributed by atoms with Crippen molar-refractivity contribution in [3.05, 3.63) is 65.7 Å². The lowest BCUT2D eigenvalue weighted by atomic mass is 10.0. The van der Waals surface area contributed by atoms with Crippen molar-refractivity contribution in [2.45, 2.75) is 104 Å². The average molecular weight is 491 g/mol. The fourth-order valence-electron chi connectivity index (χ4n) is 5.33. The van der Waals surface area contributed by atoms with Crippen LogP contribution >= 0.6 is 0 Å². The van der Waals surface area contributed by atoms with Gasteiger partial charge >= 0.3 is 0 Å². The molecule has 4 rings (SSSR count). The molecule has 0 bridgehead atoms. The summed E-state index contributed by atoms with van der Waals surface area (Å²) in [5, 5.41) is 2.96. The van der Waals surface area contributed by atoms with Gasteiger partial charge in [0.1, 0.15) is 0 Å². The standard InChI is InChI=1S/C30H38N2O4/c1-3-5-7-9-11-13-15-31-27(33)23-17-21-19-25-26(20-22(21)18-24(23)28(31)34)30(36)32(29(25)35)16-14-12-10-8-6-4-2/h17-20H,3-16H2,1-2H3. The van der Waals surface area contributed by atoms with Gasteiger partial charge in [0, 0.05) is 13.1 Å². The molecule has 0 atom stereocenters. The van der Waals surface area contributed by atoms with Gasteiger partial charge in [0.05, 0.1) is 21.5 Å². The highest BCUT2D eigenvalue weighted by molar-refractivity contribution is 6.04. The molecule has 0 saturated heterocycles. The topological polar surface area (TPSA) is 78.1 Å². The van der Waals surface area contributed by atoms with Gasteiger partial charge in [0.2, 0.25) is 0 Å². The van der Waals surface area contributed by atoms with E-state index in [0.29, 0.717) is 45.4 Å². The first-order valence-corrected chi connectivity index (χ1v) is 13.8. The summed E-state index contributed by atoms with van der Waals surface area (Å²) < 4.78 is 2.69. The van der Waals surface area contributed by atoms with E-state index in [-0.39, 0.29) is 22.2 Å². The van der Waals surface area contributed by atoms with Gasteiger partial charge < -0.3 is 0 Å². The first kappa shape index (κ1) is 26.1. The predicted molar refractivity (Wildman–Crippen MR) is 149 cm³/mol. The minimum absolute atomic E-state index is 0.266. The smallest absolute Gasteiger partial charge is 0.261 e. The van der Waals surface area contributed by atoms with E-state index in [2.05, 4.69) is 13.8 Å². The lowest BCUT2D eigenvalue weighted by Crippen LogP contribution is -2.25. The number of fused-ring (bicyclic) bond motifs is 3. The molecule has 192 valence electrons. The van der Waals surface area contributed by atoms with Crippen LogP contribution in [0.3, 0.4) is 0 Å². The highest BCUT2D eigenvalue weighted by Crippen LogP contribution is 2.23. The molecule has 2 aromatic carbocycles. The van der Waals surface area contributed by atoms with Crippen LogP contribution in [0.2, 0.25) is 0 Å². The van der Waals surface area contributed by atoms with Gasteiger partial charge in [0.25, 0.3) is 22.2 Å². The predicted octanol–water partition coefficient (Wildman–Crippen LogP) is 5.79. The van der Waals surface area contributed by atoms with Gasteiger partial charge in [-0.15, -0.1) is 0 Å². The Balaban J connectivity index is 1.61. The van der Waals surface area contributed by atoms with E-state index >= 15 is 0 Å². The van der Waals surface area contributed by atoms with E-state index in [0.717, 1.165) is 38.5 Å². The zero-order valence-electron chi connectivity index (χ0n) is 21.7. The van der Waals surface area contributed by atoms with E-state index < -0.39 is 0 Å². The normalized spacial score (nSPS) is 11.9. The Kier molecular flexibility index (Phi) is 8.55. The number of hydrogen-bond donors (Lipinski definition) is 0. The summed E-state index contributed by atoms with van der Waals surface area (Å²) in [6.45, 7) is 5.21. The summed E-state index contributed by atoms with van der Waals surface area (Å²) in [4.78, 5) is 52.0. The Morgan fingerprint density at radius 2 is 0.722 bits per heavy atom. The Morgan fingerprint density at radius 3 is 1.03 bits per heavy atom. The van der Waals surface area contributed by atoms with Crippen molar-refractivity contribution in [3.63, 3.8) is 0 Å². The van der Waals surface area contributed by atoms with Crippen LogP contribution in [-0.4, -0.2) is 9.13 Å². The molecule has 36 heavy (non-hydrogen) atoms. The SMILES string of the molecule is CCCCCCCCn1c(=O)c2cc3cc4c(=O)n(CCCCCCCC)c(=O)c4cc3cc2c1=O. The van der Waals surface area contributed by atoms with Gasteiger partial charge in [0.15, 0.2) is 0 Å². The lowest BCUT2D eigenvalue weighted by molar-refractivity contribution is 0.547. The molecule has 0 amide bonds. The summed E-state index contributed by atoms with van der Waals surface area (Å²) in [6.07, 6.45) is 13.0. The van der Waals surface area contributed by atoms with Crippen LogP contribution in [0.15, 0.2) is 43.4 Å². The number of rotatable bonds is 14.